The Morgan fingerprint density at radius 2 is 2.16 bits per heavy atom. The summed E-state index contributed by atoms with van der Waals surface area (Å²) < 4.78 is 20.9. The van der Waals surface area contributed by atoms with E-state index in [4.69, 9.17) is 16.3 Å². The molecule has 0 bridgehead atoms. The van der Waals surface area contributed by atoms with Crippen LogP contribution in [0, 0.1) is 5.82 Å². The molecule has 0 unspecified atom stereocenters. The molecule has 5 heteroatoms. The van der Waals surface area contributed by atoms with Crippen molar-refractivity contribution in [3.8, 4) is 17.0 Å². The van der Waals surface area contributed by atoms with Gasteiger partial charge in [-0.3, -0.25) is 0 Å². The average molecular weight is 277 g/mol. The topological polar surface area (TPSA) is 26.5 Å². The Morgan fingerprint density at radius 3 is 2.89 bits per heavy atom. The quantitative estimate of drug-likeness (QED) is 0.712. The van der Waals surface area contributed by atoms with Crippen LogP contribution in [0.15, 0.2) is 42.7 Å². The normalized spacial score (nSPS) is 10.9. The molecule has 2 aromatic heterocycles. The van der Waals surface area contributed by atoms with Crippen molar-refractivity contribution in [3.05, 3.63) is 53.6 Å². The molecule has 19 heavy (non-hydrogen) atoms. The van der Waals surface area contributed by atoms with Crippen molar-refractivity contribution < 1.29 is 9.13 Å². The molecule has 0 saturated heterocycles. The highest BCUT2D eigenvalue weighted by Crippen LogP contribution is 2.27. The highest BCUT2D eigenvalue weighted by Gasteiger charge is 2.12. The average Bonchev–Trinajstić information content (AvgIpc) is 2.81. The molecular weight excluding hydrogens is 267 g/mol. The van der Waals surface area contributed by atoms with E-state index in [0.717, 1.165) is 0 Å². The zero-order valence-corrected chi connectivity index (χ0v) is 10.9. The van der Waals surface area contributed by atoms with Gasteiger partial charge in [-0.15, -0.1) is 0 Å². The molecule has 96 valence electrons. The fourth-order valence-corrected chi connectivity index (χ4v) is 2.13. The Bertz CT molecular complexity index is 754. The van der Waals surface area contributed by atoms with Crippen LogP contribution in [0.2, 0.25) is 5.02 Å². The first-order valence-electron chi connectivity index (χ1n) is 5.66. The maximum absolute atomic E-state index is 13.9. The number of hydrogen-bond donors (Lipinski definition) is 0. The SMILES string of the molecule is COc1cccn2cc(-c3ccc(Cl)cc3F)nc12. The van der Waals surface area contributed by atoms with E-state index in [1.165, 1.54) is 6.07 Å². The molecule has 3 aromatic rings. The number of fused-ring (bicyclic) bond motifs is 1. The van der Waals surface area contributed by atoms with Crippen LogP contribution in [0.25, 0.3) is 16.9 Å². The van der Waals surface area contributed by atoms with Crippen LogP contribution in [0.4, 0.5) is 4.39 Å². The van der Waals surface area contributed by atoms with Crippen molar-refractivity contribution in [3.63, 3.8) is 0 Å². The van der Waals surface area contributed by atoms with E-state index in [1.807, 2.05) is 18.3 Å². The van der Waals surface area contributed by atoms with Gasteiger partial charge < -0.3 is 9.14 Å². The number of rotatable bonds is 2. The zero-order chi connectivity index (χ0) is 13.4. The van der Waals surface area contributed by atoms with E-state index in [1.54, 1.807) is 29.8 Å². The predicted molar refractivity (Wildman–Crippen MR) is 72.1 cm³/mol. The molecule has 0 N–H and O–H groups in total. The van der Waals surface area contributed by atoms with Crippen LogP contribution >= 0.6 is 11.6 Å². The molecule has 0 radical (unpaired) electrons. The summed E-state index contributed by atoms with van der Waals surface area (Å²) in [6.07, 6.45) is 3.59. The van der Waals surface area contributed by atoms with Gasteiger partial charge >= 0.3 is 0 Å². The fourth-order valence-electron chi connectivity index (χ4n) is 1.97. The summed E-state index contributed by atoms with van der Waals surface area (Å²) in [6.45, 7) is 0. The largest absolute Gasteiger partial charge is 0.493 e. The van der Waals surface area contributed by atoms with E-state index >= 15 is 0 Å². The highest BCUT2D eigenvalue weighted by atomic mass is 35.5. The van der Waals surface area contributed by atoms with Crippen molar-refractivity contribution in [1.82, 2.24) is 9.38 Å². The molecule has 0 saturated carbocycles. The first-order chi connectivity index (χ1) is 9.19. The smallest absolute Gasteiger partial charge is 0.180 e. The van der Waals surface area contributed by atoms with E-state index in [0.29, 0.717) is 27.7 Å². The molecule has 3 nitrogen and oxygen atoms in total. The minimum atomic E-state index is -0.394. The summed E-state index contributed by atoms with van der Waals surface area (Å²) in [7, 11) is 1.58. The van der Waals surface area contributed by atoms with Crippen LogP contribution < -0.4 is 4.74 Å². The molecule has 0 atom stereocenters. The molecule has 0 fully saturated rings. The Kier molecular flexibility index (Phi) is 2.87. The molecule has 0 amide bonds. The molecule has 3 rings (SSSR count). The van der Waals surface area contributed by atoms with Crippen molar-refractivity contribution in [2.75, 3.05) is 7.11 Å². The minimum Gasteiger partial charge on any atom is -0.493 e. The number of benzene rings is 1. The first-order valence-corrected chi connectivity index (χ1v) is 6.04. The van der Waals surface area contributed by atoms with Crippen LogP contribution in [0.3, 0.4) is 0 Å². The molecule has 0 aliphatic rings. The lowest BCUT2D eigenvalue weighted by molar-refractivity contribution is 0.417. The second-order valence-corrected chi connectivity index (χ2v) is 4.49. The van der Waals surface area contributed by atoms with Crippen molar-refractivity contribution >= 4 is 17.2 Å². The Balaban J connectivity index is 2.20. The number of methoxy groups -OCH3 is 1. The summed E-state index contributed by atoms with van der Waals surface area (Å²) in [5, 5.41) is 0.364. The Labute approximate surface area is 114 Å². The van der Waals surface area contributed by atoms with Crippen molar-refractivity contribution in [1.29, 1.82) is 0 Å². The van der Waals surface area contributed by atoms with Gasteiger partial charge in [-0.05, 0) is 30.3 Å². The van der Waals surface area contributed by atoms with Gasteiger partial charge in [-0.1, -0.05) is 11.6 Å². The summed E-state index contributed by atoms with van der Waals surface area (Å²) in [4.78, 5) is 4.40. The summed E-state index contributed by atoms with van der Waals surface area (Å²) in [5.74, 6) is 0.248. The maximum atomic E-state index is 13.9. The number of imidazole rings is 1. The fraction of sp³-hybridized carbons (Fsp3) is 0.0714. The van der Waals surface area contributed by atoms with E-state index in [2.05, 4.69) is 4.98 Å². The van der Waals surface area contributed by atoms with Gasteiger partial charge in [0.05, 0.1) is 12.8 Å². The van der Waals surface area contributed by atoms with E-state index < -0.39 is 5.82 Å². The second-order valence-electron chi connectivity index (χ2n) is 4.06. The monoisotopic (exact) mass is 276 g/mol. The van der Waals surface area contributed by atoms with Gasteiger partial charge in [0.1, 0.15) is 5.82 Å². The van der Waals surface area contributed by atoms with Crippen molar-refractivity contribution in [2.24, 2.45) is 0 Å². The molecule has 1 aromatic carbocycles. The van der Waals surface area contributed by atoms with E-state index in [9.17, 15) is 4.39 Å². The van der Waals surface area contributed by atoms with Gasteiger partial charge in [-0.25, -0.2) is 9.37 Å². The third-order valence-electron chi connectivity index (χ3n) is 2.87. The summed E-state index contributed by atoms with van der Waals surface area (Å²) in [5.41, 5.74) is 1.60. The third kappa shape index (κ3) is 2.04. The Hall–Kier alpha value is -2.07. The maximum Gasteiger partial charge on any atom is 0.180 e. The molecule has 0 spiro atoms. The van der Waals surface area contributed by atoms with Gasteiger partial charge in [-0.2, -0.15) is 0 Å². The number of nitrogens with zero attached hydrogens (tertiary/aromatic N) is 2. The molecule has 0 aliphatic carbocycles. The van der Waals surface area contributed by atoms with Crippen molar-refractivity contribution in [2.45, 2.75) is 0 Å². The number of aromatic nitrogens is 2. The number of ether oxygens (including phenoxy) is 1. The van der Waals surface area contributed by atoms with Crippen LogP contribution in [-0.2, 0) is 0 Å². The summed E-state index contributed by atoms with van der Waals surface area (Å²) in [6, 6.07) is 8.19. The third-order valence-corrected chi connectivity index (χ3v) is 3.11. The lowest BCUT2D eigenvalue weighted by Gasteiger charge is -2.00. The van der Waals surface area contributed by atoms with Gasteiger partial charge in [0.15, 0.2) is 11.4 Å². The van der Waals surface area contributed by atoms with Gasteiger partial charge in [0.25, 0.3) is 0 Å². The molecule has 2 heterocycles. The standard InChI is InChI=1S/C14H10ClFN2O/c1-19-13-3-2-6-18-8-12(17-14(13)18)10-5-4-9(15)7-11(10)16/h2-8H,1H3. The van der Waals surface area contributed by atoms with Gasteiger partial charge in [0, 0.05) is 23.0 Å². The molecular formula is C14H10ClFN2O. The Morgan fingerprint density at radius 1 is 1.32 bits per heavy atom. The predicted octanol–water partition coefficient (Wildman–Crippen LogP) is 3.80. The zero-order valence-electron chi connectivity index (χ0n) is 10.1. The van der Waals surface area contributed by atoms with Crippen LogP contribution in [-0.4, -0.2) is 16.5 Å². The summed E-state index contributed by atoms with van der Waals surface area (Å²) >= 11 is 5.75. The number of hydrogen-bond acceptors (Lipinski definition) is 2. The lowest BCUT2D eigenvalue weighted by Crippen LogP contribution is -1.88. The van der Waals surface area contributed by atoms with E-state index in [-0.39, 0.29) is 0 Å². The second kappa shape index (κ2) is 4.55. The van der Waals surface area contributed by atoms with Crippen LogP contribution in [0.5, 0.6) is 5.75 Å². The van der Waals surface area contributed by atoms with Crippen LogP contribution in [0.1, 0.15) is 0 Å². The first kappa shape index (κ1) is 12.0. The lowest BCUT2D eigenvalue weighted by atomic mass is 10.1. The minimum absolute atomic E-state index is 0.364. The van der Waals surface area contributed by atoms with Gasteiger partial charge in [0.2, 0.25) is 0 Å². The number of halogens is 2. The highest BCUT2D eigenvalue weighted by molar-refractivity contribution is 6.30. The molecule has 0 aliphatic heterocycles. The number of pyridine rings is 1.